The summed E-state index contributed by atoms with van der Waals surface area (Å²) in [6.45, 7) is 3.87. The number of aromatic nitrogens is 1. The van der Waals surface area contributed by atoms with Crippen LogP contribution >= 0.6 is 11.6 Å². The molecule has 2 aliphatic rings. The predicted octanol–water partition coefficient (Wildman–Crippen LogP) is 2.28. The second-order valence-electron chi connectivity index (χ2n) is 6.04. The van der Waals surface area contributed by atoms with Gasteiger partial charge in [-0.3, -0.25) is 0 Å². The summed E-state index contributed by atoms with van der Waals surface area (Å²) in [6.07, 6.45) is 3.95. The largest absolute Gasteiger partial charge is 0.393 e. The van der Waals surface area contributed by atoms with Gasteiger partial charge in [-0.1, -0.05) is 11.6 Å². The van der Waals surface area contributed by atoms with E-state index in [1.807, 2.05) is 6.92 Å². The Hall–Kier alpha value is -1.35. The third-order valence-corrected chi connectivity index (χ3v) is 5.18. The van der Waals surface area contributed by atoms with Crippen LogP contribution in [-0.2, 0) is 4.74 Å². The quantitative estimate of drug-likeness (QED) is 0.905. The van der Waals surface area contributed by atoms with Crippen molar-refractivity contribution in [2.75, 3.05) is 24.7 Å². The molecule has 1 aromatic rings. The van der Waals surface area contributed by atoms with Crippen LogP contribution in [0.2, 0.25) is 5.02 Å². The highest BCUT2D eigenvalue weighted by Crippen LogP contribution is 2.35. The van der Waals surface area contributed by atoms with Crippen LogP contribution in [-0.4, -0.2) is 42.0 Å². The van der Waals surface area contributed by atoms with Crippen molar-refractivity contribution in [3.63, 3.8) is 0 Å². The number of nitrogens with zero attached hydrogens (tertiary/aromatic N) is 3. The lowest BCUT2D eigenvalue weighted by atomic mass is 9.89. The van der Waals surface area contributed by atoms with Crippen molar-refractivity contribution in [3.8, 4) is 6.07 Å². The Morgan fingerprint density at radius 1 is 1.50 bits per heavy atom. The molecular formula is C16H20ClN3O2. The predicted molar refractivity (Wildman–Crippen MR) is 84.0 cm³/mol. The molecule has 6 heteroatoms. The zero-order valence-corrected chi connectivity index (χ0v) is 13.4. The summed E-state index contributed by atoms with van der Waals surface area (Å²) in [5.74, 6) is 0.755. The van der Waals surface area contributed by atoms with E-state index in [2.05, 4.69) is 16.0 Å². The fourth-order valence-corrected chi connectivity index (χ4v) is 3.68. The Morgan fingerprint density at radius 3 is 3.05 bits per heavy atom. The van der Waals surface area contributed by atoms with Gasteiger partial charge in [0.15, 0.2) is 0 Å². The maximum Gasteiger partial charge on any atom is 0.147 e. The fourth-order valence-electron chi connectivity index (χ4n) is 3.53. The Labute approximate surface area is 135 Å². The number of aliphatic hydroxyl groups excluding tert-OH is 1. The normalized spacial score (nSPS) is 28.6. The maximum absolute atomic E-state index is 10.3. The lowest BCUT2D eigenvalue weighted by molar-refractivity contribution is -0.0438. The third-order valence-electron chi connectivity index (χ3n) is 4.80. The summed E-state index contributed by atoms with van der Waals surface area (Å²) in [7, 11) is 0. The molecule has 2 aliphatic heterocycles. The molecule has 0 unspecified atom stereocenters. The van der Waals surface area contributed by atoms with Crippen molar-refractivity contribution >= 4 is 17.4 Å². The SMILES string of the molecule is Cc1c(Cl)cnc(N2CCC[C@@H]2[C@@H]2COCC[C@H]2O)c1C#N. The number of nitriles is 1. The monoisotopic (exact) mass is 321 g/mol. The molecule has 0 amide bonds. The van der Waals surface area contributed by atoms with E-state index in [1.54, 1.807) is 6.20 Å². The molecule has 118 valence electrons. The first kappa shape index (κ1) is 15.5. The second-order valence-corrected chi connectivity index (χ2v) is 6.45. The number of hydrogen-bond acceptors (Lipinski definition) is 5. The van der Waals surface area contributed by atoms with Gasteiger partial charge >= 0.3 is 0 Å². The van der Waals surface area contributed by atoms with Gasteiger partial charge in [0.25, 0.3) is 0 Å². The molecule has 2 saturated heterocycles. The molecule has 0 saturated carbocycles. The molecule has 1 N–H and O–H groups in total. The number of ether oxygens (including phenoxy) is 1. The Bertz CT molecular complexity index is 602. The molecule has 0 bridgehead atoms. The van der Waals surface area contributed by atoms with E-state index in [0.29, 0.717) is 36.0 Å². The molecule has 0 aromatic carbocycles. The average molecular weight is 322 g/mol. The van der Waals surface area contributed by atoms with Crippen LogP contribution in [0.4, 0.5) is 5.82 Å². The van der Waals surface area contributed by atoms with Crippen molar-refractivity contribution in [3.05, 3.63) is 22.3 Å². The van der Waals surface area contributed by atoms with E-state index >= 15 is 0 Å². The molecule has 5 nitrogen and oxygen atoms in total. The minimum atomic E-state index is -0.349. The van der Waals surface area contributed by atoms with Crippen LogP contribution in [0.5, 0.6) is 0 Å². The maximum atomic E-state index is 10.3. The Balaban J connectivity index is 1.94. The molecule has 1 aromatic heterocycles. The second kappa shape index (κ2) is 6.41. The molecule has 0 radical (unpaired) electrons. The van der Waals surface area contributed by atoms with E-state index in [-0.39, 0.29) is 18.1 Å². The average Bonchev–Trinajstić information content (AvgIpc) is 2.99. The van der Waals surface area contributed by atoms with Gasteiger partial charge in [-0.25, -0.2) is 4.98 Å². The van der Waals surface area contributed by atoms with Crippen LogP contribution in [0.3, 0.4) is 0 Å². The highest BCUT2D eigenvalue weighted by molar-refractivity contribution is 6.31. The number of aliphatic hydroxyl groups is 1. The zero-order chi connectivity index (χ0) is 15.7. The number of anilines is 1. The topological polar surface area (TPSA) is 69.4 Å². The first-order valence-corrected chi connectivity index (χ1v) is 8.09. The van der Waals surface area contributed by atoms with E-state index < -0.39 is 0 Å². The smallest absolute Gasteiger partial charge is 0.147 e. The highest BCUT2D eigenvalue weighted by atomic mass is 35.5. The summed E-state index contributed by atoms with van der Waals surface area (Å²) in [5.41, 5.74) is 1.30. The van der Waals surface area contributed by atoms with Crippen LogP contribution in [0.25, 0.3) is 0 Å². The standard InChI is InChI=1S/C16H20ClN3O2/c1-10-11(7-18)16(19-8-13(10)17)20-5-2-3-14(20)12-9-22-6-4-15(12)21/h8,12,14-15,21H,2-6,9H2,1H3/t12-,14+,15+/m0/s1. The van der Waals surface area contributed by atoms with Gasteiger partial charge in [0, 0.05) is 31.3 Å². The third kappa shape index (κ3) is 2.67. The molecule has 22 heavy (non-hydrogen) atoms. The number of rotatable bonds is 2. The van der Waals surface area contributed by atoms with Gasteiger partial charge in [-0.05, 0) is 31.7 Å². The molecule has 3 heterocycles. The zero-order valence-electron chi connectivity index (χ0n) is 12.6. The van der Waals surface area contributed by atoms with Crippen LogP contribution in [0.1, 0.15) is 30.4 Å². The summed E-state index contributed by atoms with van der Waals surface area (Å²) >= 11 is 6.09. The molecule has 0 aliphatic carbocycles. The Morgan fingerprint density at radius 2 is 2.32 bits per heavy atom. The van der Waals surface area contributed by atoms with Crippen molar-refractivity contribution < 1.29 is 9.84 Å². The number of pyridine rings is 1. The highest BCUT2D eigenvalue weighted by Gasteiger charge is 2.39. The summed E-state index contributed by atoms with van der Waals surface area (Å²) in [6, 6.07) is 2.40. The molecular weight excluding hydrogens is 302 g/mol. The van der Waals surface area contributed by atoms with Gasteiger partial charge < -0.3 is 14.7 Å². The number of halogens is 1. The van der Waals surface area contributed by atoms with E-state index in [4.69, 9.17) is 16.3 Å². The van der Waals surface area contributed by atoms with Gasteiger partial charge in [0.05, 0.1) is 23.3 Å². The minimum Gasteiger partial charge on any atom is -0.393 e. The first-order chi connectivity index (χ1) is 10.6. The van der Waals surface area contributed by atoms with E-state index in [1.165, 1.54) is 0 Å². The molecule has 3 atom stereocenters. The summed E-state index contributed by atoms with van der Waals surface area (Å²) < 4.78 is 5.56. The summed E-state index contributed by atoms with van der Waals surface area (Å²) in [4.78, 5) is 6.57. The molecule has 2 fully saturated rings. The van der Waals surface area contributed by atoms with E-state index in [9.17, 15) is 10.4 Å². The number of hydrogen-bond donors (Lipinski definition) is 1. The van der Waals surface area contributed by atoms with Crippen molar-refractivity contribution in [1.82, 2.24) is 4.98 Å². The van der Waals surface area contributed by atoms with Crippen molar-refractivity contribution in [1.29, 1.82) is 5.26 Å². The van der Waals surface area contributed by atoms with Gasteiger partial charge in [0.2, 0.25) is 0 Å². The van der Waals surface area contributed by atoms with Crippen LogP contribution in [0, 0.1) is 24.2 Å². The lowest BCUT2D eigenvalue weighted by Gasteiger charge is -2.37. The van der Waals surface area contributed by atoms with Gasteiger partial charge in [0.1, 0.15) is 11.9 Å². The van der Waals surface area contributed by atoms with Gasteiger partial charge in [-0.2, -0.15) is 5.26 Å². The molecule has 3 rings (SSSR count). The van der Waals surface area contributed by atoms with Crippen LogP contribution in [0.15, 0.2) is 6.20 Å². The lowest BCUT2D eigenvalue weighted by Crippen LogP contribution is -2.46. The first-order valence-electron chi connectivity index (χ1n) is 7.71. The van der Waals surface area contributed by atoms with Crippen molar-refractivity contribution in [2.24, 2.45) is 5.92 Å². The summed E-state index contributed by atoms with van der Waals surface area (Å²) in [5, 5.41) is 20.3. The fraction of sp³-hybridized carbons (Fsp3) is 0.625. The Kier molecular flexibility index (Phi) is 4.53. The van der Waals surface area contributed by atoms with Crippen molar-refractivity contribution in [2.45, 2.75) is 38.3 Å². The van der Waals surface area contributed by atoms with Crippen LogP contribution < -0.4 is 4.90 Å². The van der Waals surface area contributed by atoms with Gasteiger partial charge in [-0.15, -0.1) is 0 Å². The van der Waals surface area contributed by atoms with E-state index in [0.717, 1.165) is 24.9 Å². The molecule has 0 spiro atoms. The minimum absolute atomic E-state index is 0.0700.